The third kappa shape index (κ3) is 3.45. The summed E-state index contributed by atoms with van der Waals surface area (Å²) in [6, 6.07) is 9.35. The maximum atomic E-state index is 8.97. The summed E-state index contributed by atoms with van der Waals surface area (Å²) in [5, 5.41) is 12.2. The van der Waals surface area contributed by atoms with Gasteiger partial charge in [0.15, 0.2) is 5.88 Å². The van der Waals surface area contributed by atoms with Crippen molar-refractivity contribution in [3.8, 4) is 11.5 Å². The van der Waals surface area contributed by atoms with Gasteiger partial charge in [0.1, 0.15) is 11.5 Å². The van der Waals surface area contributed by atoms with E-state index in [-0.39, 0.29) is 34.3 Å². The molecule has 0 amide bonds. The van der Waals surface area contributed by atoms with Crippen LogP contribution in [0.25, 0.3) is 0 Å². The first-order valence-electron chi connectivity index (χ1n) is 13.9. The average molecular weight is 497 g/mol. The van der Waals surface area contributed by atoms with Crippen LogP contribution in [0.3, 0.4) is 0 Å². The van der Waals surface area contributed by atoms with Gasteiger partial charge in [-0.2, -0.15) is 0 Å². The zero-order chi connectivity index (χ0) is 26.7. The normalized spacial score (nSPS) is 23.5. The molecule has 0 unspecified atom stereocenters. The second-order valence-electron chi connectivity index (χ2n) is 14.4. The van der Waals surface area contributed by atoms with Crippen LogP contribution < -0.4 is 25.7 Å². The molecule has 2 aromatic carbocycles. The van der Waals surface area contributed by atoms with Gasteiger partial charge in [-0.05, 0) is 92.7 Å². The van der Waals surface area contributed by atoms with Crippen LogP contribution in [0.1, 0.15) is 103 Å². The highest BCUT2D eigenvalue weighted by molar-refractivity contribution is 6.96. The highest BCUT2D eigenvalue weighted by Gasteiger charge is 2.47. The quantitative estimate of drug-likeness (QED) is 0.496. The Kier molecular flexibility index (Phi) is 4.96. The molecule has 2 aromatic rings. The molecule has 0 spiro atoms. The van der Waals surface area contributed by atoms with E-state index < -0.39 is 0 Å². The Balaban J connectivity index is 1.64. The lowest BCUT2D eigenvalue weighted by atomic mass is 9.33. The Hall–Kier alpha value is -2.69. The smallest absolute Gasteiger partial charge is 0.265 e. The highest BCUT2D eigenvalue weighted by atomic mass is 16.5. The topological polar surface area (TPSA) is 54.3 Å². The number of hydrogen-bond acceptors (Lipinski definition) is 4. The van der Waals surface area contributed by atoms with E-state index in [1.807, 2.05) is 7.05 Å². The van der Waals surface area contributed by atoms with Gasteiger partial charge in [-0.25, -0.2) is 0 Å². The van der Waals surface area contributed by atoms with Crippen molar-refractivity contribution in [2.45, 2.75) is 103 Å². The van der Waals surface area contributed by atoms with Gasteiger partial charge in [0.25, 0.3) is 6.71 Å². The molecular formula is C32H41BN2O2. The van der Waals surface area contributed by atoms with E-state index in [1.165, 1.54) is 22.3 Å². The van der Waals surface area contributed by atoms with E-state index in [0.29, 0.717) is 5.88 Å². The van der Waals surface area contributed by atoms with Gasteiger partial charge in [-0.1, -0.05) is 67.5 Å². The van der Waals surface area contributed by atoms with Crippen molar-refractivity contribution >= 4 is 23.5 Å². The molecule has 0 saturated carbocycles. The maximum Gasteiger partial charge on any atom is 0.265 e. The molecule has 5 heteroatoms. The minimum atomic E-state index is -0.0975. The molecule has 4 nitrogen and oxygen atoms in total. The lowest BCUT2D eigenvalue weighted by Gasteiger charge is -2.44. The van der Waals surface area contributed by atoms with Gasteiger partial charge in [0, 0.05) is 7.05 Å². The summed E-state index contributed by atoms with van der Waals surface area (Å²) < 4.78 is 12.8. The van der Waals surface area contributed by atoms with Crippen LogP contribution in [-0.2, 0) is 21.7 Å². The highest BCUT2D eigenvalue weighted by Crippen LogP contribution is 2.49. The Bertz CT molecular complexity index is 1400. The fraction of sp³-hybridized carbons (Fsp3) is 0.531. The summed E-state index contributed by atoms with van der Waals surface area (Å²) in [7, 11) is 1.87. The molecule has 2 aliphatic heterocycles. The molecule has 2 N–H and O–H groups in total. The summed E-state index contributed by atoms with van der Waals surface area (Å²) in [4.78, 5) is 0. The van der Waals surface area contributed by atoms with E-state index in [4.69, 9.17) is 14.9 Å². The first kappa shape index (κ1) is 24.6. The van der Waals surface area contributed by atoms with Crippen LogP contribution in [0.5, 0.6) is 11.5 Å². The van der Waals surface area contributed by atoms with Crippen LogP contribution in [0, 0.1) is 5.41 Å². The molecule has 6 rings (SSSR count). The molecule has 2 heterocycles. The van der Waals surface area contributed by atoms with E-state index in [1.54, 1.807) is 0 Å². The Morgan fingerprint density at radius 2 is 1.03 bits per heavy atom. The number of ether oxygens (including phenoxy) is 2. The zero-order valence-corrected chi connectivity index (χ0v) is 24.0. The number of nitrogens with one attached hydrogen (secondary N) is 2. The van der Waals surface area contributed by atoms with Crippen LogP contribution in [0.4, 0.5) is 0 Å². The van der Waals surface area contributed by atoms with Crippen LogP contribution in [-0.4, -0.2) is 19.7 Å². The molecule has 37 heavy (non-hydrogen) atoms. The zero-order valence-electron chi connectivity index (χ0n) is 24.0. The SMILES string of the molecule is CNC1=C2B(c3cc4c(cc3OC2=N)C(C)(C)CCC4(C)C)c2cc3c(cc2O1)C(C)(C)CCC3(C)C. The largest absolute Gasteiger partial charge is 0.442 e. The molecule has 4 aliphatic rings. The lowest BCUT2D eigenvalue weighted by Crippen LogP contribution is -2.56. The number of benzene rings is 2. The van der Waals surface area contributed by atoms with Crippen molar-refractivity contribution < 1.29 is 9.47 Å². The summed E-state index contributed by atoms with van der Waals surface area (Å²) >= 11 is 0. The fourth-order valence-electron chi connectivity index (χ4n) is 7.21. The minimum absolute atomic E-state index is 0.0833. The first-order valence-corrected chi connectivity index (χ1v) is 13.9. The van der Waals surface area contributed by atoms with Crippen molar-refractivity contribution in [2.75, 3.05) is 7.05 Å². The van der Waals surface area contributed by atoms with Crippen molar-refractivity contribution in [2.24, 2.45) is 0 Å². The molecule has 194 valence electrons. The second kappa shape index (κ2) is 7.45. The molecule has 0 radical (unpaired) electrons. The summed E-state index contributed by atoms with van der Waals surface area (Å²) in [6.07, 6.45) is 4.63. The summed E-state index contributed by atoms with van der Waals surface area (Å²) in [5.41, 5.74) is 9.04. The van der Waals surface area contributed by atoms with Gasteiger partial charge < -0.3 is 14.8 Å². The standard InChI is InChI=1S/C32H41BN2O2/c1-29(2)10-12-31(5,6)20-16-24-22(14-18(20)29)33-23-15-19-21(32(7,8)13-11-30(19,3)4)17-25(23)37-28(35-9)26(33)27(34)36-24/h14-17,34-35H,10-13H2,1-9H3. The Labute approximate surface area is 222 Å². The predicted octanol–water partition coefficient (Wildman–Crippen LogP) is 5.73. The van der Waals surface area contributed by atoms with Crippen molar-refractivity contribution in [3.05, 3.63) is 57.9 Å². The third-order valence-corrected chi connectivity index (χ3v) is 10.0. The van der Waals surface area contributed by atoms with E-state index in [9.17, 15) is 0 Å². The molecule has 0 bridgehead atoms. The van der Waals surface area contributed by atoms with Gasteiger partial charge in [-0.3, -0.25) is 5.41 Å². The Morgan fingerprint density at radius 1 is 0.649 bits per heavy atom. The van der Waals surface area contributed by atoms with Crippen LogP contribution in [0.2, 0.25) is 0 Å². The molecular weight excluding hydrogens is 455 g/mol. The van der Waals surface area contributed by atoms with Crippen molar-refractivity contribution in [1.29, 1.82) is 5.41 Å². The second-order valence-corrected chi connectivity index (χ2v) is 14.4. The molecule has 2 aliphatic carbocycles. The monoisotopic (exact) mass is 496 g/mol. The van der Waals surface area contributed by atoms with Crippen molar-refractivity contribution in [3.63, 3.8) is 0 Å². The number of rotatable bonds is 1. The fourth-order valence-corrected chi connectivity index (χ4v) is 7.21. The predicted molar refractivity (Wildman–Crippen MR) is 154 cm³/mol. The molecule has 0 aromatic heterocycles. The maximum absolute atomic E-state index is 8.97. The van der Waals surface area contributed by atoms with Gasteiger partial charge in [0.05, 0.1) is 5.47 Å². The van der Waals surface area contributed by atoms with Gasteiger partial charge >= 0.3 is 0 Å². The molecule has 0 atom stereocenters. The first-order chi connectivity index (χ1) is 17.2. The van der Waals surface area contributed by atoms with Gasteiger partial charge in [0.2, 0.25) is 5.90 Å². The van der Waals surface area contributed by atoms with Crippen molar-refractivity contribution in [1.82, 2.24) is 5.32 Å². The van der Waals surface area contributed by atoms with E-state index >= 15 is 0 Å². The van der Waals surface area contributed by atoms with E-state index in [0.717, 1.165) is 53.6 Å². The van der Waals surface area contributed by atoms with Crippen LogP contribution >= 0.6 is 0 Å². The summed E-state index contributed by atoms with van der Waals surface area (Å²) in [5.74, 6) is 2.53. The van der Waals surface area contributed by atoms with E-state index in [2.05, 4.69) is 85.0 Å². The van der Waals surface area contributed by atoms with Gasteiger partial charge in [-0.15, -0.1) is 0 Å². The number of hydrogen-bond donors (Lipinski definition) is 2. The third-order valence-electron chi connectivity index (χ3n) is 10.0. The molecule has 0 fully saturated rings. The Morgan fingerprint density at radius 3 is 1.43 bits per heavy atom. The molecule has 0 saturated heterocycles. The minimum Gasteiger partial charge on any atom is -0.442 e. The number of fused-ring (bicyclic) bond motifs is 7. The average Bonchev–Trinajstić information content (AvgIpc) is 2.83. The lowest BCUT2D eigenvalue weighted by molar-refractivity contribution is 0.328. The summed E-state index contributed by atoms with van der Waals surface area (Å²) in [6.45, 7) is 18.8. The van der Waals surface area contributed by atoms with Crippen LogP contribution in [0.15, 0.2) is 35.6 Å².